The van der Waals surface area contributed by atoms with Gasteiger partial charge in [0.2, 0.25) is 5.91 Å². The van der Waals surface area contributed by atoms with E-state index in [9.17, 15) is 4.79 Å². The van der Waals surface area contributed by atoms with Crippen LogP contribution < -0.4 is 5.32 Å². The van der Waals surface area contributed by atoms with Crippen molar-refractivity contribution in [3.63, 3.8) is 0 Å². The van der Waals surface area contributed by atoms with Crippen molar-refractivity contribution in [3.8, 4) is 0 Å². The van der Waals surface area contributed by atoms with E-state index in [0.717, 1.165) is 61.7 Å². The second-order valence-corrected chi connectivity index (χ2v) is 10.6. The van der Waals surface area contributed by atoms with Gasteiger partial charge < -0.3 is 5.32 Å². The molecule has 1 unspecified atom stereocenters. The molecule has 35 heavy (non-hydrogen) atoms. The molecule has 0 radical (unpaired) electrons. The summed E-state index contributed by atoms with van der Waals surface area (Å²) < 4.78 is 0. The van der Waals surface area contributed by atoms with Crippen molar-refractivity contribution >= 4 is 30.1 Å². The number of aliphatic imine (C=N–C) groups is 1. The number of rotatable bonds is 21. The van der Waals surface area contributed by atoms with Gasteiger partial charge in [-0.15, -0.1) is 11.8 Å². The van der Waals surface area contributed by atoms with Gasteiger partial charge >= 0.3 is 0 Å². The normalized spacial score (nSPS) is 12.0. The average molecular weight is 502 g/mol. The van der Waals surface area contributed by atoms with Crippen LogP contribution >= 0.6 is 11.8 Å². The van der Waals surface area contributed by atoms with Gasteiger partial charge in [0.25, 0.3) is 0 Å². The van der Waals surface area contributed by atoms with E-state index in [1.807, 2.05) is 6.07 Å². The summed E-state index contributed by atoms with van der Waals surface area (Å²) in [5, 5.41) is 3.34. The molecule has 0 spiro atoms. The predicted octanol–water partition coefficient (Wildman–Crippen LogP) is 7.98. The van der Waals surface area contributed by atoms with Crippen molar-refractivity contribution in [1.29, 1.82) is 0 Å². The first-order chi connectivity index (χ1) is 17.0. The molecule has 1 aromatic rings. The average Bonchev–Trinajstić information content (AvgIpc) is 2.86. The molecule has 0 saturated heterocycles. The van der Waals surface area contributed by atoms with Crippen LogP contribution in [-0.4, -0.2) is 49.0 Å². The number of unbranched alkanes of at least 4 members (excludes halogenated alkanes) is 5. The molecule has 0 saturated carbocycles. The molecule has 1 aromatic carbocycles. The minimum absolute atomic E-state index is 0.168. The third-order valence-electron chi connectivity index (χ3n) is 6.56. The summed E-state index contributed by atoms with van der Waals surface area (Å²) in [6.07, 6.45) is 12.0. The van der Waals surface area contributed by atoms with Crippen molar-refractivity contribution in [3.05, 3.63) is 35.9 Å². The van der Waals surface area contributed by atoms with Gasteiger partial charge in [-0.3, -0.25) is 14.7 Å². The van der Waals surface area contributed by atoms with E-state index < -0.39 is 0 Å². The van der Waals surface area contributed by atoms with Crippen LogP contribution in [0.3, 0.4) is 0 Å². The molecule has 198 valence electrons. The lowest BCUT2D eigenvalue weighted by Gasteiger charge is -2.24. The minimum Gasteiger partial charge on any atom is -0.353 e. The van der Waals surface area contributed by atoms with E-state index in [4.69, 9.17) is 0 Å². The zero-order chi connectivity index (χ0) is 25.9. The molecule has 0 aliphatic rings. The van der Waals surface area contributed by atoms with Crippen molar-refractivity contribution < 1.29 is 4.79 Å². The number of nitrogens with zero attached hydrogens (tertiary/aromatic N) is 2. The van der Waals surface area contributed by atoms with Gasteiger partial charge in [-0.05, 0) is 68.9 Å². The van der Waals surface area contributed by atoms with Crippen LogP contribution in [0.4, 0.5) is 5.69 Å². The van der Waals surface area contributed by atoms with E-state index >= 15 is 0 Å². The van der Waals surface area contributed by atoms with Gasteiger partial charge in [0, 0.05) is 23.9 Å². The van der Waals surface area contributed by atoms with Crippen LogP contribution in [0.2, 0.25) is 0 Å². The lowest BCUT2D eigenvalue weighted by atomic mass is 9.99. The van der Waals surface area contributed by atoms with Crippen LogP contribution in [0.1, 0.15) is 97.5 Å². The standard InChI is InChI=1S/C30H51N3OS/c1-7-11-12-13-14-15-17-27(22-25(5)24-33(9-3)10-4)32-30(34)18-16-21-35-29-23-26(8-2)19-20-28(29)31-6/h19-20,23,27H,5-18,21-22,24H2,1-4H3,(H,32,34). The maximum absolute atomic E-state index is 12.8. The summed E-state index contributed by atoms with van der Waals surface area (Å²) in [7, 11) is 0. The largest absolute Gasteiger partial charge is 0.353 e. The number of aryl methyl sites for hydroxylation is 1. The molecular formula is C30H51N3OS. The molecule has 4 nitrogen and oxygen atoms in total. The topological polar surface area (TPSA) is 44.7 Å². The van der Waals surface area contributed by atoms with Gasteiger partial charge in [-0.2, -0.15) is 0 Å². The fraction of sp³-hybridized carbons (Fsp3) is 0.667. The highest BCUT2D eigenvalue weighted by molar-refractivity contribution is 7.99. The molecular weight excluding hydrogens is 450 g/mol. The number of carbonyl (C=O) groups is 1. The lowest BCUT2D eigenvalue weighted by molar-refractivity contribution is -0.121. The molecule has 0 heterocycles. The highest BCUT2D eigenvalue weighted by Crippen LogP contribution is 2.31. The first-order valence-corrected chi connectivity index (χ1v) is 14.9. The number of nitrogens with one attached hydrogen (secondary N) is 1. The highest BCUT2D eigenvalue weighted by Gasteiger charge is 2.15. The Kier molecular flexibility index (Phi) is 17.6. The smallest absolute Gasteiger partial charge is 0.220 e. The third kappa shape index (κ3) is 13.9. The molecule has 1 amide bonds. The number of hydrogen-bond acceptors (Lipinski definition) is 4. The van der Waals surface area contributed by atoms with Crippen LogP contribution in [-0.2, 0) is 11.2 Å². The number of benzene rings is 1. The number of likely N-dealkylation sites (N-methyl/N-ethyl adjacent to an activating group) is 1. The fourth-order valence-corrected chi connectivity index (χ4v) is 5.34. The summed E-state index contributed by atoms with van der Waals surface area (Å²) in [5.41, 5.74) is 3.46. The molecule has 0 aliphatic carbocycles. The van der Waals surface area contributed by atoms with Crippen molar-refractivity contribution in [2.75, 3.05) is 25.4 Å². The Morgan fingerprint density at radius 3 is 2.43 bits per heavy atom. The maximum Gasteiger partial charge on any atom is 0.220 e. The molecule has 0 bridgehead atoms. The summed E-state index contributed by atoms with van der Waals surface area (Å²) in [6.45, 7) is 19.8. The predicted molar refractivity (Wildman–Crippen MR) is 156 cm³/mol. The zero-order valence-corrected chi connectivity index (χ0v) is 23.9. The lowest BCUT2D eigenvalue weighted by Crippen LogP contribution is -2.36. The van der Waals surface area contributed by atoms with Crippen molar-refractivity contribution in [2.45, 2.75) is 109 Å². The van der Waals surface area contributed by atoms with E-state index in [0.29, 0.717) is 6.42 Å². The summed E-state index contributed by atoms with van der Waals surface area (Å²) in [4.78, 5) is 20.5. The Morgan fingerprint density at radius 1 is 1.06 bits per heavy atom. The Hall–Kier alpha value is -1.59. The number of hydrogen-bond donors (Lipinski definition) is 1. The number of amides is 1. The van der Waals surface area contributed by atoms with E-state index in [1.54, 1.807) is 11.8 Å². The molecule has 1 atom stereocenters. The van der Waals surface area contributed by atoms with E-state index in [-0.39, 0.29) is 11.9 Å². The van der Waals surface area contributed by atoms with E-state index in [2.05, 4.69) is 68.3 Å². The van der Waals surface area contributed by atoms with Crippen LogP contribution in [0.5, 0.6) is 0 Å². The van der Waals surface area contributed by atoms with Gasteiger partial charge in [0.15, 0.2) is 0 Å². The molecule has 0 aromatic heterocycles. The van der Waals surface area contributed by atoms with Crippen LogP contribution in [0.25, 0.3) is 0 Å². The fourth-order valence-electron chi connectivity index (χ4n) is 4.31. The maximum atomic E-state index is 12.8. The van der Waals surface area contributed by atoms with Crippen molar-refractivity contribution in [1.82, 2.24) is 10.2 Å². The number of carbonyl (C=O) groups excluding carboxylic acids is 1. The highest BCUT2D eigenvalue weighted by atomic mass is 32.2. The number of thioether (sulfide) groups is 1. The van der Waals surface area contributed by atoms with Crippen LogP contribution in [0, 0.1) is 0 Å². The Morgan fingerprint density at radius 2 is 1.77 bits per heavy atom. The quantitative estimate of drug-likeness (QED) is 0.0803. The van der Waals surface area contributed by atoms with Gasteiger partial charge in [0.1, 0.15) is 0 Å². The minimum atomic E-state index is 0.168. The Labute approximate surface area is 220 Å². The van der Waals surface area contributed by atoms with E-state index in [1.165, 1.54) is 49.7 Å². The molecule has 0 fully saturated rings. The van der Waals surface area contributed by atoms with Gasteiger partial charge in [-0.25, -0.2) is 0 Å². The van der Waals surface area contributed by atoms with Gasteiger partial charge in [-0.1, -0.05) is 84.4 Å². The second-order valence-electron chi connectivity index (χ2n) is 9.50. The third-order valence-corrected chi connectivity index (χ3v) is 7.69. The molecule has 5 heteroatoms. The monoisotopic (exact) mass is 501 g/mol. The summed E-state index contributed by atoms with van der Waals surface area (Å²) >= 11 is 1.77. The zero-order valence-electron chi connectivity index (χ0n) is 23.0. The Balaban J connectivity index is 2.53. The molecule has 0 aliphatic heterocycles. The summed E-state index contributed by atoms with van der Waals surface area (Å²) in [5.74, 6) is 1.07. The second kappa shape index (κ2) is 19.6. The van der Waals surface area contributed by atoms with Crippen LogP contribution in [0.15, 0.2) is 40.2 Å². The van der Waals surface area contributed by atoms with Crippen molar-refractivity contribution in [2.24, 2.45) is 4.99 Å². The molecule has 1 N–H and O–H groups in total. The SMILES string of the molecule is C=Nc1ccc(CC)cc1SCCCC(=O)NC(CCCCCCCC)CC(=C)CN(CC)CC. The summed E-state index contributed by atoms with van der Waals surface area (Å²) in [6, 6.07) is 6.55. The first-order valence-electron chi connectivity index (χ1n) is 13.9. The first kappa shape index (κ1) is 31.4. The Bertz CT molecular complexity index is 745. The molecule has 1 rings (SSSR count). The van der Waals surface area contributed by atoms with Gasteiger partial charge in [0.05, 0.1) is 5.69 Å².